The molecule has 1 rings (SSSR count). The van der Waals surface area contributed by atoms with Gasteiger partial charge in [-0.2, -0.15) is 0 Å². The van der Waals surface area contributed by atoms with Crippen LogP contribution in [0.5, 0.6) is 5.88 Å². The molecule has 1 aromatic rings. The maximum absolute atomic E-state index is 8.68. The summed E-state index contributed by atoms with van der Waals surface area (Å²) in [6.07, 6.45) is 4.79. The molecule has 0 unspecified atom stereocenters. The van der Waals surface area contributed by atoms with Gasteiger partial charge in [0.1, 0.15) is 0 Å². The number of nitrogens with zero attached hydrogens (tertiary/aromatic N) is 1. The van der Waals surface area contributed by atoms with Crippen LogP contribution in [-0.2, 0) is 0 Å². The van der Waals surface area contributed by atoms with Gasteiger partial charge in [0.25, 0.3) is 0 Å². The molecule has 0 aromatic carbocycles. The van der Waals surface area contributed by atoms with Crippen molar-refractivity contribution in [3.05, 3.63) is 18.3 Å². The average molecular weight is 238 g/mol. The number of nitrogens with one attached hydrogen (secondary N) is 1. The van der Waals surface area contributed by atoms with E-state index in [9.17, 15) is 0 Å². The molecule has 0 radical (unpaired) electrons. The van der Waals surface area contributed by atoms with Crippen LogP contribution in [0, 0.1) is 0 Å². The third kappa shape index (κ3) is 5.54. The lowest BCUT2D eigenvalue weighted by molar-refractivity contribution is 0.234. The summed E-state index contributed by atoms with van der Waals surface area (Å²) < 4.78 is 5.61. The van der Waals surface area contributed by atoms with Crippen molar-refractivity contribution >= 4 is 5.69 Å². The molecule has 96 valence electrons. The van der Waals surface area contributed by atoms with Gasteiger partial charge in [-0.1, -0.05) is 0 Å². The highest BCUT2D eigenvalue weighted by Crippen LogP contribution is 2.21. The van der Waals surface area contributed by atoms with Gasteiger partial charge in [0.15, 0.2) is 0 Å². The maximum Gasteiger partial charge on any atom is 0.237 e. The fourth-order valence-electron chi connectivity index (χ4n) is 1.48. The molecule has 4 nitrogen and oxygen atoms in total. The third-order valence-corrected chi connectivity index (χ3v) is 2.27. The second kappa shape index (κ2) is 7.90. The van der Waals surface area contributed by atoms with Crippen molar-refractivity contribution < 1.29 is 9.84 Å². The lowest BCUT2D eigenvalue weighted by Crippen LogP contribution is -2.10. The number of ether oxygens (including phenoxy) is 1. The van der Waals surface area contributed by atoms with E-state index in [0.29, 0.717) is 5.88 Å². The number of hydrogen-bond donors (Lipinski definition) is 2. The first-order valence-corrected chi connectivity index (χ1v) is 6.20. The zero-order valence-electron chi connectivity index (χ0n) is 10.6. The van der Waals surface area contributed by atoms with Gasteiger partial charge in [-0.05, 0) is 45.2 Å². The number of anilines is 1. The van der Waals surface area contributed by atoms with Crippen molar-refractivity contribution in [3.63, 3.8) is 0 Å². The number of rotatable bonds is 8. The molecule has 1 heterocycles. The van der Waals surface area contributed by atoms with Crippen molar-refractivity contribution in [2.75, 3.05) is 18.5 Å². The average Bonchev–Trinajstić information content (AvgIpc) is 2.30. The van der Waals surface area contributed by atoms with E-state index in [1.54, 1.807) is 6.20 Å². The van der Waals surface area contributed by atoms with Gasteiger partial charge < -0.3 is 15.2 Å². The van der Waals surface area contributed by atoms with E-state index in [2.05, 4.69) is 10.3 Å². The van der Waals surface area contributed by atoms with Crippen LogP contribution < -0.4 is 10.1 Å². The Hall–Kier alpha value is -1.29. The highest BCUT2D eigenvalue weighted by atomic mass is 16.5. The first-order valence-electron chi connectivity index (χ1n) is 6.20. The smallest absolute Gasteiger partial charge is 0.237 e. The molecular weight excluding hydrogens is 216 g/mol. The summed E-state index contributed by atoms with van der Waals surface area (Å²) in [6, 6.07) is 3.86. The van der Waals surface area contributed by atoms with Crippen LogP contribution in [0.4, 0.5) is 5.69 Å². The van der Waals surface area contributed by atoms with Gasteiger partial charge >= 0.3 is 0 Å². The molecule has 0 aliphatic heterocycles. The molecule has 0 spiro atoms. The summed E-state index contributed by atoms with van der Waals surface area (Å²) in [4.78, 5) is 4.21. The molecular formula is C13H22N2O2. The van der Waals surface area contributed by atoms with Gasteiger partial charge in [-0.25, -0.2) is 4.98 Å². The topological polar surface area (TPSA) is 54.4 Å². The Balaban J connectivity index is 2.40. The molecule has 0 fully saturated rings. The molecule has 0 amide bonds. The van der Waals surface area contributed by atoms with Gasteiger partial charge in [-0.15, -0.1) is 0 Å². The van der Waals surface area contributed by atoms with Gasteiger partial charge in [-0.3, -0.25) is 0 Å². The van der Waals surface area contributed by atoms with Gasteiger partial charge in [0.2, 0.25) is 5.88 Å². The van der Waals surface area contributed by atoms with E-state index in [-0.39, 0.29) is 12.7 Å². The standard InChI is InChI=1S/C13H22N2O2/c1-11(2)17-13-12(7-6-9-15-13)14-8-4-3-5-10-16/h6-7,9,11,14,16H,3-5,8,10H2,1-2H3. The third-order valence-electron chi connectivity index (χ3n) is 2.27. The molecule has 0 aliphatic carbocycles. The minimum absolute atomic E-state index is 0.125. The maximum atomic E-state index is 8.68. The highest BCUT2D eigenvalue weighted by molar-refractivity contribution is 5.51. The number of aliphatic hydroxyl groups is 1. The quantitative estimate of drug-likeness (QED) is 0.683. The number of aromatic nitrogens is 1. The molecule has 0 aliphatic rings. The number of aliphatic hydroxyl groups excluding tert-OH is 1. The largest absolute Gasteiger partial charge is 0.473 e. The fraction of sp³-hybridized carbons (Fsp3) is 0.615. The summed E-state index contributed by atoms with van der Waals surface area (Å²) in [6.45, 7) is 5.12. The second-order valence-electron chi connectivity index (χ2n) is 4.23. The van der Waals surface area contributed by atoms with Gasteiger partial charge in [0, 0.05) is 19.3 Å². The van der Waals surface area contributed by atoms with Crippen LogP contribution in [0.3, 0.4) is 0 Å². The number of unbranched alkanes of at least 4 members (excludes halogenated alkanes) is 2. The van der Waals surface area contributed by atoms with Crippen molar-refractivity contribution in [3.8, 4) is 5.88 Å². The zero-order chi connectivity index (χ0) is 12.5. The van der Waals surface area contributed by atoms with Crippen LogP contribution in [-0.4, -0.2) is 29.3 Å². The van der Waals surface area contributed by atoms with Crippen LogP contribution >= 0.6 is 0 Å². The second-order valence-corrected chi connectivity index (χ2v) is 4.23. The number of pyridine rings is 1. The Bertz CT molecular complexity index is 316. The van der Waals surface area contributed by atoms with Crippen LogP contribution in [0.15, 0.2) is 18.3 Å². The molecule has 4 heteroatoms. The Kier molecular flexibility index (Phi) is 6.40. The molecule has 0 atom stereocenters. The molecule has 17 heavy (non-hydrogen) atoms. The Labute approximate surface area is 103 Å². The molecule has 1 aromatic heterocycles. The van der Waals surface area contributed by atoms with E-state index in [1.165, 1.54) is 0 Å². The highest BCUT2D eigenvalue weighted by Gasteiger charge is 2.05. The normalized spacial score (nSPS) is 10.6. The van der Waals surface area contributed by atoms with E-state index < -0.39 is 0 Å². The summed E-state index contributed by atoms with van der Waals surface area (Å²) in [5.41, 5.74) is 0.935. The lowest BCUT2D eigenvalue weighted by Gasteiger charge is -2.13. The summed E-state index contributed by atoms with van der Waals surface area (Å²) >= 11 is 0. The van der Waals surface area contributed by atoms with Crippen LogP contribution in [0.25, 0.3) is 0 Å². The predicted molar refractivity (Wildman–Crippen MR) is 69.4 cm³/mol. The zero-order valence-corrected chi connectivity index (χ0v) is 10.6. The molecule has 0 bridgehead atoms. The summed E-state index contributed by atoms with van der Waals surface area (Å²) in [5.74, 6) is 0.657. The monoisotopic (exact) mass is 238 g/mol. The predicted octanol–water partition coefficient (Wildman–Crippen LogP) is 2.44. The lowest BCUT2D eigenvalue weighted by atomic mass is 10.2. The van der Waals surface area contributed by atoms with Crippen molar-refractivity contribution in [1.82, 2.24) is 4.98 Å². The minimum atomic E-state index is 0.125. The fourth-order valence-corrected chi connectivity index (χ4v) is 1.48. The van der Waals surface area contributed by atoms with Crippen LogP contribution in [0.2, 0.25) is 0 Å². The van der Waals surface area contributed by atoms with Crippen molar-refractivity contribution in [1.29, 1.82) is 0 Å². The van der Waals surface area contributed by atoms with Gasteiger partial charge in [0.05, 0.1) is 11.8 Å². The first-order chi connectivity index (χ1) is 8.24. The summed E-state index contributed by atoms with van der Waals surface area (Å²) in [5, 5.41) is 12.0. The molecule has 0 saturated carbocycles. The van der Waals surface area contributed by atoms with E-state index in [0.717, 1.165) is 31.5 Å². The molecule has 2 N–H and O–H groups in total. The van der Waals surface area contributed by atoms with Crippen LogP contribution in [0.1, 0.15) is 33.1 Å². The molecule has 0 saturated heterocycles. The van der Waals surface area contributed by atoms with E-state index in [4.69, 9.17) is 9.84 Å². The Morgan fingerprint density at radius 1 is 1.35 bits per heavy atom. The summed E-state index contributed by atoms with van der Waals surface area (Å²) in [7, 11) is 0. The first kappa shape index (κ1) is 13.8. The van der Waals surface area contributed by atoms with Crippen molar-refractivity contribution in [2.24, 2.45) is 0 Å². The Morgan fingerprint density at radius 3 is 2.88 bits per heavy atom. The minimum Gasteiger partial charge on any atom is -0.473 e. The van der Waals surface area contributed by atoms with E-state index >= 15 is 0 Å². The SMILES string of the molecule is CC(C)Oc1ncccc1NCCCCCO. The van der Waals surface area contributed by atoms with E-state index in [1.807, 2.05) is 26.0 Å². The number of hydrogen-bond acceptors (Lipinski definition) is 4. The van der Waals surface area contributed by atoms with Crippen molar-refractivity contribution in [2.45, 2.75) is 39.2 Å². The Morgan fingerprint density at radius 2 is 2.18 bits per heavy atom.